The first-order valence-electron chi connectivity index (χ1n) is 5.35. The summed E-state index contributed by atoms with van der Waals surface area (Å²) in [6.45, 7) is 5.41. The van der Waals surface area contributed by atoms with E-state index in [9.17, 15) is 9.59 Å². The molecule has 0 saturated heterocycles. The van der Waals surface area contributed by atoms with E-state index in [1.165, 1.54) is 6.92 Å². The van der Waals surface area contributed by atoms with E-state index in [0.717, 1.165) is 11.1 Å². The summed E-state index contributed by atoms with van der Waals surface area (Å²) in [7, 11) is 0. The normalized spacial score (nSPS) is 9.12. The van der Waals surface area contributed by atoms with Crippen LogP contribution in [0.15, 0.2) is 18.2 Å². The summed E-state index contributed by atoms with van der Waals surface area (Å²) < 4.78 is 4.70. The highest BCUT2D eigenvalue weighted by Crippen LogP contribution is 2.10. The molecule has 0 bridgehead atoms. The summed E-state index contributed by atoms with van der Waals surface area (Å²) in [6.07, 6.45) is 0. The highest BCUT2D eigenvalue weighted by Gasteiger charge is 2.02. The van der Waals surface area contributed by atoms with Crippen molar-refractivity contribution in [1.29, 1.82) is 0 Å². The molecule has 0 heterocycles. The Morgan fingerprint density at radius 3 is 2.59 bits per heavy atom. The molecular formula is C14H14O3. The number of aryl methyl sites for hydroxylation is 1. The molecule has 0 unspecified atom stereocenters. The number of hydrogen-bond acceptors (Lipinski definition) is 3. The average Bonchev–Trinajstić information content (AvgIpc) is 2.27. The average molecular weight is 230 g/mol. The molecular weight excluding hydrogens is 216 g/mol. The van der Waals surface area contributed by atoms with Crippen LogP contribution in [0, 0.1) is 18.8 Å². The first-order valence-corrected chi connectivity index (χ1v) is 5.35. The minimum absolute atomic E-state index is 0.0120. The number of hydrogen-bond donors (Lipinski definition) is 0. The zero-order valence-corrected chi connectivity index (χ0v) is 10.2. The topological polar surface area (TPSA) is 43.4 Å². The number of ketones is 1. The predicted octanol–water partition coefficient (Wildman–Crippen LogP) is 2.11. The Kier molecular flexibility index (Phi) is 4.47. The minimum Gasteiger partial charge on any atom is -0.456 e. The summed E-state index contributed by atoms with van der Waals surface area (Å²) in [6, 6.07) is 5.19. The monoisotopic (exact) mass is 230 g/mol. The van der Waals surface area contributed by atoms with E-state index < -0.39 is 5.97 Å². The van der Waals surface area contributed by atoms with Crippen molar-refractivity contribution >= 4 is 11.8 Å². The fraction of sp³-hybridized carbons (Fsp3) is 0.286. The number of benzene rings is 1. The molecule has 88 valence electrons. The van der Waals surface area contributed by atoms with E-state index in [2.05, 4.69) is 11.8 Å². The van der Waals surface area contributed by atoms with Crippen LogP contribution in [0.4, 0.5) is 0 Å². The maximum Gasteiger partial charge on any atom is 0.384 e. The lowest BCUT2D eigenvalue weighted by atomic mass is 10.0. The molecule has 3 heteroatoms. The Labute approximate surface area is 101 Å². The van der Waals surface area contributed by atoms with Crippen molar-refractivity contribution in [1.82, 2.24) is 0 Å². The molecule has 0 atom stereocenters. The van der Waals surface area contributed by atoms with E-state index in [4.69, 9.17) is 4.74 Å². The largest absolute Gasteiger partial charge is 0.456 e. The maximum atomic E-state index is 11.2. The van der Waals surface area contributed by atoms with Gasteiger partial charge in [-0.2, -0.15) is 0 Å². The van der Waals surface area contributed by atoms with Crippen LogP contribution in [-0.2, 0) is 9.53 Å². The quantitative estimate of drug-likeness (QED) is 0.444. The molecule has 3 nitrogen and oxygen atoms in total. The fourth-order valence-corrected chi connectivity index (χ4v) is 1.31. The second-order valence-electron chi connectivity index (χ2n) is 3.56. The Morgan fingerprint density at radius 2 is 2.06 bits per heavy atom. The molecule has 0 aromatic heterocycles. The van der Waals surface area contributed by atoms with Crippen LogP contribution < -0.4 is 0 Å². The molecule has 1 rings (SSSR count). The van der Waals surface area contributed by atoms with Gasteiger partial charge in [-0.05, 0) is 38.5 Å². The molecule has 1 aromatic rings. The number of esters is 1. The van der Waals surface area contributed by atoms with Crippen molar-refractivity contribution in [2.75, 3.05) is 6.61 Å². The molecule has 0 aliphatic rings. The van der Waals surface area contributed by atoms with Gasteiger partial charge in [0, 0.05) is 17.0 Å². The number of carbonyl (C=O) groups excluding carboxylic acids is 2. The van der Waals surface area contributed by atoms with Crippen LogP contribution in [0.5, 0.6) is 0 Å². The Hall–Kier alpha value is -2.08. The highest BCUT2D eigenvalue weighted by molar-refractivity contribution is 5.94. The van der Waals surface area contributed by atoms with Gasteiger partial charge in [0.1, 0.15) is 0 Å². The predicted molar refractivity (Wildman–Crippen MR) is 64.7 cm³/mol. The Morgan fingerprint density at radius 1 is 1.35 bits per heavy atom. The Bertz CT molecular complexity index is 504. The van der Waals surface area contributed by atoms with Crippen molar-refractivity contribution in [3.8, 4) is 11.8 Å². The maximum absolute atomic E-state index is 11.2. The SMILES string of the molecule is CCOC(=O)C#Cc1ccc(C(C)=O)cc1C. The summed E-state index contributed by atoms with van der Waals surface area (Å²) in [5, 5.41) is 0. The molecule has 0 saturated carbocycles. The fourth-order valence-electron chi connectivity index (χ4n) is 1.31. The second kappa shape index (κ2) is 5.86. The summed E-state index contributed by atoms with van der Waals surface area (Å²) in [5.74, 6) is 4.59. The van der Waals surface area contributed by atoms with Gasteiger partial charge in [0.25, 0.3) is 0 Å². The molecule has 0 N–H and O–H groups in total. The second-order valence-corrected chi connectivity index (χ2v) is 3.56. The number of ether oxygens (including phenoxy) is 1. The third-order valence-corrected chi connectivity index (χ3v) is 2.21. The third-order valence-electron chi connectivity index (χ3n) is 2.21. The van der Waals surface area contributed by atoms with Crippen molar-refractivity contribution in [2.24, 2.45) is 0 Å². The van der Waals surface area contributed by atoms with Gasteiger partial charge in [0.05, 0.1) is 6.61 Å². The van der Waals surface area contributed by atoms with Gasteiger partial charge >= 0.3 is 5.97 Å². The molecule has 0 aliphatic carbocycles. The van der Waals surface area contributed by atoms with Crippen LogP contribution in [-0.4, -0.2) is 18.4 Å². The summed E-state index contributed by atoms with van der Waals surface area (Å²) in [4.78, 5) is 22.2. The molecule has 0 aliphatic heterocycles. The van der Waals surface area contributed by atoms with Gasteiger partial charge in [-0.15, -0.1) is 0 Å². The zero-order valence-electron chi connectivity index (χ0n) is 10.2. The first-order chi connectivity index (χ1) is 8.04. The third kappa shape index (κ3) is 3.76. The van der Waals surface area contributed by atoms with Crippen molar-refractivity contribution in [3.05, 3.63) is 34.9 Å². The van der Waals surface area contributed by atoms with E-state index in [0.29, 0.717) is 12.2 Å². The van der Waals surface area contributed by atoms with E-state index in [-0.39, 0.29) is 5.78 Å². The lowest BCUT2D eigenvalue weighted by molar-refractivity contribution is -0.136. The van der Waals surface area contributed by atoms with Crippen LogP contribution >= 0.6 is 0 Å². The van der Waals surface area contributed by atoms with Crippen LogP contribution in [0.3, 0.4) is 0 Å². The van der Waals surface area contributed by atoms with Gasteiger partial charge in [-0.1, -0.05) is 12.0 Å². The van der Waals surface area contributed by atoms with E-state index in [1.54, 1.807) is 25.1 Å². The van der Waals surface area contributed by atoms with Crippen LogP contribution in [0.1, 0.15) is 35.3 Å². The van der Waals surface area contributed by atoms with Gasteiger partial charge in [-0.25, -0.2) is 4.79 Å². The number of rotatable bonds is 2. The molecule has 0 fully saturated rings. The van der Waals surface area contributed by atoms with Crippen LogP contribution in [0.25, 0.3) is 0 Å². The number of Topliss-reactive ketones (excluding diaryl/α,β-unsaturated/α-hetero) is 1. The van der Waals surface area contributed by atoms with Crippen molar-refractivity contribution in [2.45, 2.75) is 20.8 Å². The molecule has 17 heavy (non-hydrogen) atoms. The van der Waals surface area contributed by atoms with Gasteiger partial charge < -0.3 is 4.74 Å². The van der Waals surface area contributed by atoms with Crippen molar-refractivity contribution in [3.63, 3.8) is 0 Å². The first kappa shape index (κ1) is 13.0. The zero-order chi connectivity index (χ0) is 12.8. The van der Waals surface area contributed by atoms with Crippen molar-refractivity contribution < 1.29 is 14.3 Å². The minimum atomic E-state index is -0.539. The van der Waals surface area contributed by atoms with Gasteiger partial charge in [0.15, 0.2) is 5.78 Å². The van der Waals surface area contributed by atoms with E-state index >= 15 is 0 Å². The summed E-state index contributed by atoms with van der Waals surface area (Å²) >= 11 is 0. The molecule has 0 radical (unpaired) electrons. The van der Waals surface area contributed by atoms with E-state index in [1.807, 2.05) is 6.92 Å². The highest BCUT2D eigenvalue weighted by atomic mass is 16.5. The number of carbonyl (C=O) groups is 2. The molecule has 0 amide bonds. The Balaban J connectivity index is 2.93. The van der Waals surface area contributed by atoms with Crippen LogP contribution in [0.2, 0.25) is 0 Å². The van der Waals surface area contributed by atoms with Gasteiger partial charge in [0.2, 0.25) is 0 Å². The lowest BCUT2D eigenvalue weighted by Crippen LogP contribution is -2.00. The standard InChI is InChI=1S/C14H14O3/c1-4-17-14(16)8-7-12-5-6-13(11(3)15)9-10(12)2/h5-6,9H,4H2,1-3H3. The lowest BCUT2D eigenvalue weighted by Gasteiger charge is -2.00. The van der Waals surface area contributed by atoms with Gasteiger partial charge in [-0.3, -0.25) is 4.79 Å². The molecule has 0 spiro atoms. The smallest absolute Gasteiger partial charge is 0.384 e. The molecule has 1 aromatic carbocycles. The summed E-state index contributed by atoms with van der Waals surface area (Å²) in [5.41, 5.74) is 2.24.